The third-order valence-corrected chi connectivity index (χ3v) is 4.52. The van der Waals surface area contributed by atoms with Crippen molar-refractivity contribution in [2.75, 3.05) is 26.2 Å². The van der Waals surface area contributed by atoms with Gasteiger partial charge in [-0.05, 0) is 19.4 Å². The van der Waals surface area contributed by atoms with Crippen molar-refractivity contribution in [2.24, 2.45) is 0 Å². The smallest absolute Gasteiger partial charge is 0.224 e. The molecule has 0 saturated carbocycles. The Kier molecular flexibility index (Phi) is 5.83. The highest BCUT2D eigenvalue weighted by Gasteiger charge is 2.21. The van der Waals surface area contributed by atoms with Crippen molar-refractivity contribution in [3.05, 3.63) is 52.9 Å². The average molecular weight is 343 g/mol. The molecule has 25 heavy (non-hydrogen) atoms. The number of hydrogen-bond acceptors (Lipinski definition) is 5. The van der Waals surface area contributed by atoms with Crippen LogP contribution in [0.15, 0.2) is 34.9 Å². The van der Waals surface area contributed by atoms with Gasteiger partial charge >= 0.3 is 0 Å². The summed E-state index contributed by atoms with van der Waals surface area (Å²) in [7, 11) is 0. The second-order valence-corrected chi connectivity index (χ2v) is 6.50. The van der Waals surface area contributed by atoms with Gasteiger partial charge in [0, 0.05) is 31.7 Å². The molecule has 6 nitrogen and oxygen atoms in total. The van der Waals surface area contributed by atoms with E-state index in [0.717, 1.165) is 30.9 Å². The van der Waals surface area contributed by atoms with Crippen LogP contribution in [-0.2, 0) is 22.5 Å². The minimum absolute atomic E-state index is 0.0195. The lowest BCUT2D eigenvalue weighted by Gasteiger charge is -2.33. The maximum Gasteiger partial charge on any atom is 0.224 e. The van der Waals surface area contributed by atoms with Crippen LogP contribution < -0.4 is 5.32 Å². The van der Waals surface area contributed by atoms with Crippen LogP contribution in [0.5, 0.6) is 0 Å². The number of ether oxygens (including phenoxy) is 1. The number of hydrogen-bond donors (Lipinski definition) is 1. The monoisotopic (exact) mass is 343 g/mol. The summed E-state index contributed by atoms with van der Waals surface area (Å²) in [5, 5.41) is 6.85. The van der Waals surface area contributed by atoms with E-state index in [1.54, 1.807) is 0 Å². The lowest BCUT2D eigenvalue weighted by atomic mass is 10.1. The molecule has 1 aliphatic rings. The van der Waals surface area contributed by atoms with E-state index >= 15 is 0 Å². The zero-order valence-corrected chi connectivity index (χ0v) is 14.8. The highest BCUT2D eigenvalue weighted by molar-refractivity contribution is 5.79. The molecule has 6 heteroatoms. The minimum Gasteiger partial charge on any atom is -0.374 e. The molecular weight excluding hydrogens is 318 g/mol. The van der Waals surface area contributed by atoms with E-state index < -0.39 is 0 Å². The summed E-state index contributed by atoms with van der Waals surface area (Å²) in [5.41, 5.74) is 2.94. The topological polar surface area (TPSA) is 67.6 Å². The van der Waals surface area contributed by atoms with Crippen molar-refractivity contribution in [2.45, 2.75) is 32.9 Å². The fourth-order valence-corrected chi connectivity index (χ4v) is 3.09. The van der Waals surface area contributed by atoms with Gasteiger partial charge in [-0.1, -0.05) is 35.5 Å². The fraction of sp³-hybridized carbons (Fsp3) is 0.474. The molecule has 1 unspecified atom stereocenters. The Bertz CT molecular complexity index is 680. The van der Waals surface area contributed by atoms with Gasteiger partial charge in [0.1, 0.15) is 5.76 Å². The van der Waals surface area contributed by atoms with Gasteiger partial charge in [0.25, 0.3) is 0 Å². The summed E-state index contributed by atoms with van der Waals surface area (Å²) in [4.78, 5) is 14.5. The maximum absolute atomic E-state index is 12.2. The van der Waals surface area contributed by atoms with Gasteiger partial charge in [0.05, 0.1) is 24.8 Å². The second-order valence-electron chi connectivity index (χ2n) is 6.50. The number of morpholine rings is 1. The van der Waals surface area contributed by atoms with Crippen LogP contribution in [0, 0.1) is 13.8 Å². The number of nitrogens with zero attached hydrogens (tertiary/aromatic N) is 2. The molecule has 1 aliphatic heterocycles. The number of aryl methyl sites for hydroxylation is 2. The van der Waals surface area contributed by atoms with Crippen LogP contribution in [0.4, 0.5) is 0 Å². The second kappa shape index (κ2) is 8.27. The third kappa shape index (κ3) is 4.90. The molecule has 1 aromatic carbocycles. The van der Waals surface area contributed by atoms with Crippen LogP contribution in [0.1, 0.15) is 22.6 Å². The number of aromatic nitrogens is 1. The first-order valence-corrected chi connectivity index (χ1v) is 8.68. The zero-order valence-electron chi connectivity index (χ0n) is 14.8. The summed E-state index contributed by atoms with van der Waals surface area (Å²) < 4.78 is 10.9. The molecule has 0 radical (unpaired) electrons. The Morgan fingerprint density at radius 3 is 2.84 bits per heavy atom. The van der Waals surface area contributed by atoms with Crippen LogP contribution in [0.25, 0.3) is 0 Å². The molecule has 1 N–H and O–H groups in total. The SMILES string of the molecule is Cc1noc(C)c1CC(=O)NCC1CN(Cc2ccccc2)CCO1. The zero-order chi connectivity index (χ0) is 17.6. The Morgan fingerprint density at radius 1 is 1.32 bits per heavy atom. The number of benzene rings is 1. The molecule has 1 fully saturated rings. The van der Waals surface area contributed by atoms with Crippen molar-refractivity contribution >= 4 is 5.91 Å². The van der Waals surface area contributed by atoms with E-state index in [0.29, 0.717) is 25.3 Å². The van der Waals surface area contributed by atoms with Crippen LogP contribution in [-0.4, -0.2) is 48.3 Å². The van der Waals surface area contributed by atoms with Crippen LogP contribution in [0.3, 0.4) is 0 Å². The maximum atomic E-state index is 12.2. The van der Waals surface area contributed by atoms with Crippen molar-refractivity contribution in [3.8, 4) is 0 Å². The molecule has 0 aliphatic carbocycles. The predicted octanol–water partition coefficient (Wildman–Crippen LogP) is 1.85. The first-order valence-electron chi connectivity index (χ1n) is 8.68. The molecule has 0 bridgehead atoms. The van der Waals surface area contributed by atoms with Gasteiger partial charge in [-0.3, -0.25) is 9.69 Å². The molecule has 1 saturated heterocycles. The first kappa shape index (κ1) is 17.6. The average Bonchev–Trinajstić information content (AvgIpc) is 2.93. The van der Waals surface area contributed by atoms with Crippen molar-refractivity contribution < 1.29 is 14.1 Å². The van der Waals surface area contributed by atoms with Gasteiger partial charge in [-0.2, -0.15) is 0 Å². The summed E-state index contributed by atoms with van der Waals surface area (Å²) >= 11 is 0. The fourth-order valence-electron chi connectivity index (χ4n) is 3.09. The lowest BCUT2D eigenvalue weighted by molar-refractivity contribution is -0.121. The summed E-state index contributed by atoms with van der Waals surface area (Å²) in [6, 6.07) is 10.4. The quantitative estimate of drug-likeness (QED) is 0.867. The van der Waals surface area contributed by atoms with Gasteiger partial charge in [-0.15, -0.1) is 0 Å². The molecule has 2 heterocycles. The van der Waals surface area contributed by atoms with Gasteiger partial charge in [-0.25, -0.2) is 0 Å². The van der Waals surface area contributed by atoms with E-state index in [1.165, 1.54) is 5.56 Å². The molecule has 1 atom stereocenters. The molecule has 1 amide bonds. The summed E-state index contributed by atoms with van der Waals surface area (Å²) in [6.45, 7) is 7.54. The number of carbonyl (C=O) groups is 1. The molecule has 134 valence electrons. The molecule has 2 aromatic rings. The van der Waals surface area contributed by atoms with Crippen molar-refractivity contribution in [1.29, 1.82) is 0 Å². The number of nitrogens with one attached hydrogen (secondary N) is 1. The number of carbonyl (C=O) groups excluding carboxylic acids is 1. The largest absolute Gasteiger partial charge is 0.374 e. The lowest BCUT2D eigenvalue weighted by Crippen LogP contribution is -2.47. The summed E-state index contributed by atoms with van der Waals surface area (Å²) in [6.07, 6.45) is 0.313. The van der Waals surface area contributed by atoms with Gasteiger partial charge in [0.2, 0.25) is 5.91 Å². The number of amides is 1. The van der Waals surface area contributed by atoms with Crippen LogP contribution in [0.2, 0.25) is 0 Å². The van der Waals surface area contributed by atoms with Crippen molar-refractivity contribution in [3.63, 3.8) is 0 Å². The normalized spacial score (nSPS) is 18.2. The minimum atomic E-state index is -0.0295. The Labute approximate surface area is 148 Å². The van der Waals surface area contributed by atoms with E-state index in [9.17, 15) is 4.79 Å². The standard InChI is InChI=1S/C19H25N3O3/c1-14-18(15(2)25-21-14)10-19(23)20-11-17-13-22(8-9-24-17)12-16-6-4-3-5-7-16/h3-7,17H,8-13H2,1-2H3,(H,20,23). The van der Waals surface area contributed by atoms with Gasteiger partial charge in [0.15, 0.2) is 0 Å². The van der Waals surface area contributed by atoms with E-state index in [2.05, 4.69) is 39.6 Å². The van der Waals surface area contributed by atoms with E-state index in [1.807, 2.05) is 19.9 Å². The highest BCUT2D eigenvalue weighted by Crippen LogP contribution is 2.13. The predicted molar refractivity (Wildman–Crippen MR) is 94.1 cm³/mol. The van der Waals surface area contributed by atoms with Crippen LogP contribution >= 0.6 is 0 Å². The first-order chi connectivity index (χ1) is 12.1. The van der Waals surface area contributed by atoms with Crippen molar-refractivity contribution in [1.82, 2.24) is 15.4 Å². The summed E-state index contributed by atoms with van der Waals surface area (Å²) in [5.74, 6) is 0.675. The number of rotatable bonds is 6. The molecule has 0 spiro atoms. The Morgan fingerprint density at radius 2 is 2.12 bits per heavy atom. The van der Waals surface area contributed by atoms with E-state index in [-0.39, 0.29) is 12.0 Å². The molecule has 1 aromatic heterocycles. The highest BCUT2D eigenvalue weighted by atomic mass is 16.5. The van der Waals surface area contributed by atoms with E-state index in [4.69, 9.17) is 9.26 Å². The Balaban J connectivity index is 1.45. The third-order valence-electron chi connectivity index (χ3n) is 4.52. The van der Waals surface area contributed by atoms with Gasteiger partial charge < -0.3 is 14.6 Å². The molecular formula is C19H25N3O3. The molecule has 3 rings (SSSR count). The Hall–Kier alpha value is -2.18.